The highest BCUT2D eigenvalue weighted by atomic mass is 16.5. The Hall–Kier alpha value is -3.02. The second-order valence-electron chi connectivity index (χ2n) is 7.16. The van der Waals surface area contributed by atoms with E-state index in [1.807, 2.05) is 26.0 Å². The molecule has 0 atom stereocenters. The van der Waals surface area contributed by atoms with Crippen molar-refractivity contribution in [2.75, 3.05) is 11.9 Å². The van der Waals surface area contributed by atoms with Crippen LogP contribution in [0.15, 0.2) is 24.3 Å². The highest BCUT2D eigenvalue weighted by molar-refractivity contribution is 6.02. The number of fused-ring (bicyclic) bond motifs is 1. The molecular weight excluding hydrogens is 370 g/mol. The van der Waals surface area contributed by atoms with Crippen LogP contribution in [0.1, 0.15) is 48.9 Å². The summed E-state index contributed by atoms with van der Waals surface area (Å²) in [7, 11) is 0. The molecule has 0 aliphatic heterocycles. The molecule has 0 radical (unpaired) electrons. The highest BCUT2D eigenvalue weighted by Gasteiger charge is 2.24. The lowest BCUT2D eigenvalue weighted by Crippen LogP contribution is -2.19. The molecule has 0 aromatic heterocycles. The smallest absolute Gasteiger partial charge is 0.315 e. The Kier molecular flexibility index (Phi) is 6.42. The summed E-state index contributed by atoms with van der Waals surface area (Å²) >= 11 is 0. The Morgan fingerprint density at radius 1 is 1.14 bits per heavy atom. The lowest BCUT2D eigenvalue weighted by molar-refractivity contribution is -0.145. The number of phenolic OH excluding ortho intramolecular Hbond substituents is 1. The SMILES string of the molecule is CCOC(=O)CC(=O)Nc1cc(C)c(Oc2ccc(O)c(CC)c2)c2c1CCC2. The number of carbonyl (C=O) groups excluding carboxylic acids is 2. The number of benzene rings is 2. The van der Waals surface area contributed by atoms with Gasteiger partial charge in [0, 0.05) is 11.3 Å². The van der Waals surface area contributed by atoms with Crippen LogP contribution in [-0.4, -0.2) is 23.6 Å². The minimum absolute atomic E-state index is 0.254. The molecule has 2 aromatic carbocycles. The van der Waals surface area contributed by atoms with Crippen LogP contribution in [0.3, 0.4) is 0 Å². The van der Waals surface area contributed by atoms with Gasteiger partial charge in [-0.3, -0.25) is 9.59 Å². The van der Waals surface area contributed by atoms with Gasteiger partial charge in [-0.05, 0) is 80.5 Å². The van der Waals surface area contributed by atoms with Crippen molar-refractivity contribution in [3.05, 3.63) is 46.5 Å². The van der Waals surface area contributed by atoms with Gasteiger partial charge in [-0.2, -0.15) is 0 Å². The van der Waals surface area contributed by atoms with Crippen LogP contribution in [0.4, 0.5) is 5.69 Å². The van der Waals surface area contributed by atoms with Crippen molar-refractivity contribution >= 4 is 17.6 Å². The highest BCUT2D eigenvalue weighted by Crippen LogP contribution is 2.41. The number of hydrogen-bond donors (Lipinski definition) is 2. The summed E-state index contributed by atoms with van der Waals surface area (Å²) in [6, 6.07) is 7.15. The van der Waals surface area contributed by atoms with Gasteiger partial charge in [0.05, 0.1) is 6.61 Å². The first-order valence-electron chi connectivity index (χ1n) is 10.0. The average molecular weight is 397 g/mol. The second kappa shape index (κ2) is 8.99. The molecule has 2 N–H and O–H groups in total. The third kappa shape index (κ3) is 4.70. The molecule has 2 aromatic rings. The molecule has 0 unspecified atom stereocenters. The predicted octanol–water partition coefficient (Wildman–Crippen LogP) is 4.44. The number of aromatic hydroxyl groups is 1. The quantitative estimate of drug-likeness (QED) is 0.533. The molecular formula is C23H27NO5. The monoisotopic (exact) mass is 397 g/mol. The van der Waals surface area contributed by atoms with E-state index in [1.54, 1.807) is 19.1 Å². The molecule has 0 saturated carbocycles. The zero-order valence-corrected chi connectivity index (χ0v) is 17.1. The van der Waals surface area contributed by atoms with Gasteiger partial charge >= 0.3 is 5.97 Å². The number of carbonyl (C=O) groups is 2. The minimum Gasteiger partial charge on any atom is -0.508 e. The third-order valence-corrected chi connectivity index (χ3v) is 5.07. The molecule has 0 heterocycles. The lowest BCUT2D eigenvalue weighted by atomic mass is 10.0. The molecule has 154 valence electrons. The van der Waals surface area contributed by atoms with Gasteiger partial charge in [0.15, 0.2) is 0 Å². The van der Waals surface area contributed by atoms with Crippen LogP contribution >= 0.6 is 0 Å². The molecule has 6 nitrogen and oxygen atoms in total. The van der Waals surface area contributed by atoms with Crippen LogP contribution in [0.2, 0.25) is 0 Å². The van der Waals surface area contributed by atoms with Gasteiger partial charge in [-0.25, -0.2) is 0 Å². The molecule has 0 saturated heterocycles. The lowest BCUT2D eigenvalue weighted by Gasteiger charge is -2.18. The number of aryl methyl sites for hydroxylation is 2. The summed E-state index contributed by atoms with van der Waals surface area (Å²) in [6.07, 6.45) is 3.10. The fourth-order valence-corrected chi connectivity index (χ4v) is 3.72. The van der Waals surface area contributed by atoms with E-state index >= 15 is 0 Å². The molecule has 29 heavy (non-hydrogen) atoms. The fraction of sp³-hybridized carbons (Fsp3) is 0.391. The number of rotatable bonds is 7. The maximum Gasteiger partial charge on any atom is 0.315 e. The maximum absolute atomic E-state index is 12.2. The summed E-state index contributed by atoms with van der Waals surface area (Å²) in [6.45, 7) is 5.89. The Labute approximate surface area is 170 Å². The van der Waals surface area contributed by atoms with Gasteiger partial charge in [-0.1, -0.05) is 6.92 Å². The molecule has 1 amide bonds. The van der Waals surface area contributed by atoms with Crippen molar-refractivity contribution in [3.63, 3.8) is 0 Å². The number of phenols is 1. The first kappa shape index (κ1) is 20.7. The largest absolute Gasteiger partial charge is 0.508 e. The van der Waals surface area contributed by atoms with Crippen molar-refractivity contribution in [1.82, 2.24) is 0 Å². The number of ether oxygens (including phenoxy) is 2. The Morgan fingerprint density at radius 3 is 2.62 bits per heavy atom. The van der Waals surface area contributed by atoms with E-state index in [-0.39, 0.29) is 24.7 Å². The van der Waals surface area contributed by atoms with E-state index in [4.69, 9.17) is 9.47 Å². The Balaban J connectivity index is 1.85. The number of esters is 1. The van der Waals surface area contributed by atoms with Crippen molar-refractivity contribution < 1.29 is 24.2 Å². The first-order chi connectivity index (χ1) is 13.9. The van der Waals surface area contributed by atoms with Gasteiger partial charge in [0.1, 0.15) is 23.7 Å². The van der Waals surface area contributed by atoms with Crippen molar-refractivity contribution in [1.29, 1.82) is 0 Å². The van der Waals surface area contributed by atoms with Gasteiger partial charge < -0.3 is 19.9 Å². The molecule has 1 aliphatic carbocycles. The summed E-state index contributed by atoms with van der Waals surface area (Å²) < 4.78 is 11.0. The van der Waals surface area contributed by atoms with E-state index in [2.05, 4.69) is 5.32 Å². The number of anilines is 1. The summed E-state index contributed by atoms with van der Waals surface area (Å²) in [5, 5.41) is 12.8. The molecule has 6 heteroatoms. The molecule has 0 spiro atoms. The van der Waals surface area contributed by atoms with Gasteiger partial charge in [0.2, 0.25) is 5.91 Å². The molecule has 3 rings (SSSR count). The molecule has 0 bridgehead atoms. The van der Waals surface area contributed by atoms with E-state index < -0.39 is 5.97 Å². The standard InChI is InChI=1S/C23H27NO5/c1-4-15-12-16(9-10-20(15)25)29-23-14(3)11-19(17-7-6-8-18(17)23)24-21(26)13-22(27)28-5-2/h9-12,25H,4-8,13H2,1-3H3,(H,24,26). The van der Waals surface area contributed by atoms with Crippen LogP contribution in [0.5, 0.6) is 17.2 Å². The molecule has 0 fully saturated rings. The average Bonchev–Trinajstić information content (AvgIpc) is 3.16. The zero-order chi connectivity index (χ0) is 21.0. The molecule has 1 aliphatic rings. The Morgan fingerprint density at radius 2 is 1.90 bits per heavy atom. The summed E-state index contributed by atoms with van der Waals surface area (Å²) in [4.78, 5) is 23.8. The van der Waals surface area contributed by atoms with Crippen molar-refractivity contribution in [3.8, 4) is 17.2 Å². The fourth-order valence-electron chi connectivity index (χ4n) is 3.72. The van der Waals surface area contributed by atoms with Crippen LogP contribution in [0.25, 0.3) is 0 Å². The topological polar surface area (TPSA) is 84.9 Å². The van der Waals surface area contributed by atoms with Crippen LogP contribution < -0.4 is 10.1 Å². The summed E-state index contributed by atoms with van der Waals surface area (Å²) in [5.41, 5.74) is 4.61. The maximum atomic E-state index is 12.2. The summed E-state index contributed by atoms with van der Waals surface area (Å²) in [5.74, 6) is 0.833. The van der Waals surface area contributed by atoms with E-state index in [0.29, 0.717) is 12.2 Å². The third-order valence-electron chi connectivity index (χ3n) is 5.07. The number of amides is 1. The zero-order valence-electron chi connectivity index (χ0n) is 17.1. The van der Waals surface area contributed by atoms with Crippen LogP contribution in [0, 0.1) is 6.92 Å². The van der Waals surface area contributed by atoms with E-state index in [9.17, 15) is 14.7 Å². The van der Waals surface area contributed by atoms with Gasteiger partial charge in [-0.15, -0.1) is 0 Å². The second-order valence-corrected chi connectivity index (χ2v) is 7.16. The number of nitrogens with one attached hydrogen (secondary N) is 1. The first-order valence-corrected chi connectivity index (χ1v) is 10.0. The van der Waals surface area contributed by atoms with Crippen molar-refractivity contribution in [2.24, 2.45) is 0 Å². The predicted molar refractivity (Wildman–Crippen MR) is 111 cm³/mol. The Bertz CT molecular complexity index is 935. The van der Waals surface area contributed by atoms with Gasteiger partial charge in [0.25, 0.3) is 0 Å². The number of hydrogen-bond acceptors (Lipinski definition) is 5. The van der Waals surface area contributed by atoms with E-state index in [0.717, 1.165) is 53.0 Å². The van der Waals surface area contributed by atoms with Crippen molar-refractivity contribution in [2.45, 2.75) is 52.9 Å². The van der Waals surface area contributed by atoms with Crippen LogP contribution in [-0.2, 0) is 33.6 Å². The van der Waals surface area contributed by atoms with E-state index in [1.165, 1.54) is 0 Å². The normalized spacial score (nSPS) is 12.4. The minimum atomic E-state index is -0.530.